The lowest BCUT2D eigenvalue weighted by atomic mass is 9.92. The molecule has 1 atom stereocenters. The molecule has 1 unspecified atom stereocenters. The molecule has 3 heterocycles. The van der Waals surface area contributed by atoms with Crippen LogP contribution in [-0.2, 0) is 9.59 Å². The molecule has 4 amide bonds. The molecular formula is C22H28N4O4. The highest BCUT2D eigenvalue weighted by atomic mass is 16.2. The van der Waals surface area contributed by atoms with Crippen molar-refractivity contribution in [3.63, 3.8) is 0 Å². The second-order valence-electron chi connectivity index (χ2n) is 8.32. The number of hydrogen-bond donors (Lipinski definition) is 3. The molecule has 0 aliphatic carbocycles. The number of nitrogens with one attached hydrogen (secondary N) is 3. The summed E-state index contributed by atoms with van der Waals surface area (Å²) in [5.41, 5.74) is 1.41. The van der Waals surface area contributed by atoms with Crippen molar-refractivity contribution in [1.29, 1.82) is 0 Å². The van der Waals surface area contributed by atoms with Gasteiger partial charge in [-0.15, -0.1) is 0 Å². The SMILES string of the molecule is O=C1CCC(N2C(=O)c3ccc(NCCCCC4CCNCC4)cc3C2=O)C(=O)N1. The van der Waals surface area contributed by atoms with Crippen LogP contribution < -0.4 is 16.0 Å². The van der Waals surface area contributed by atoms with Crippen LogP contribution in [0.3, 0.4) is 0 Å². The molecule has 0 spiro atoms. The van der Waals surface area contributed by atoms with Gasteiger partial charge in [0.25, 0.3) is 11.8 Å². The molecule has 3 N–H and O–H groups in total. The number of hydrogen-bond acceptors (Lipinski definition) is 6. The number of piperidine rings is 2. The first-order valence-corrected chi connectivity index (χ1v) is 10.8. The number of nitrogens with zero attached hydrogens (tertiary/aromatic N) is 1. The zero-order chi connectivity index (χ0) is 21.1. The highest BCUT2D eigenvalue weighted by Crippen LogP contribution is 2.29. The fourth-order valence-electron chi connectivity index (χ4n) is 4.54. The molecule has 2 saturated heterocycles. The standard InChI is InChI=1S/C22H28N4O4/c27-19-7-6-18(20(28)25-19)26-21(29)16-5-4-15(13-17(16)22(26)30)24-10-2-1-3-14-8-11-23-12-9-14/h4-5,13-14,18,23-24H,1-3,6-12H2,(H,25,27,28). The minimum atomic E-state index is -0.929. The Labute approximate surface area is 175 Å². The van der Waals surface area contributed by atoms with E-state index in [1.807, 2.05) is 0 Å². The Hall–Kier alpha value is -2.74. The van der Waals surface area contributed by atoms with Crippen LogP contribution in [0.5, 0.6) is 0 Å². The Bertz CT molecular complexity index is 863. The van der Waals surface area contributed by atoms with E-state index in [1.54, 1.807) is 18.2 Å². The van der Waals surface area contributed by atoms with Gasteiger partial charge in [-0.2, -0.15) is 0 Å². The van der Waals surface area contributed by atoms with Crippen molar-refractivity contribution >= 4 is 29.3 Å². The molecule has 2 fully saturated rings. The molecule has 8 heteroatoms. The van der Waals surface area contributed by atoms with Crippen molar-refractivity contribution in [2.45, 2.75) is 51.0 Å². The Morgan fingerprint density at radius 3 is 2.50 bits per heavy atom. The minimum absolute atomic E-state index is 0.119. The summed E-state index contributed by atoms with van der Waals surface area (Å²) < 4.78 is 0. The Morgan fingerprint density at radius 2 is 1.73 bits per heavy atom. The number of unbranched alkanes of at least 4 members (excludes halogenated alkanes) is 1. The second-order valence-corrected chi connectivity index (χ2v) is 8.32. The van der Waals surface area contributed by atoms with E-state index >= 15 is 0 Å². The van der Waals surface area contributed by atoms with E-state index in [1.165, 1.54) is 25.7 Å². The number of anilines is 1. The third-order valence-electron chi connectivity index (χ3n) is 6.27. The molecule has 1 aromatic carbocycles. The van der Waals surface area contributed by atoms with Gasteiger partial charge in [0.1, 0.15) is 6.04 Å². The first-order valence-electron chi connectivity index (χ1n) is 10.8. The molecule has 3 aliphatic rings. The lowest BCUT2D eigenvalue weighted by Gasteiger charge is -2.27. The zero-order valence-electron chi connectivity index (χ0n) is 17.0. The lowest BCUT2D eigenvalue weighted by molar-refractivity contribution is -0.136. The van der Waals surface area contributed by atoms with Crippen molar-refractivity contribution in [2.75, 3.05) is 25.0 Å². The Morgan fingerprint density at radius 1 is 0.967 bits per heavy atom. The summed E-state index contributed by atoms with van der Waals surface area (Å²) in [5.74, 6) is -1.09. The Kier molecular flexibility index (Phi) is 6.13. The molecule has 0 radical (unpaired) electrons. The van der Waals surface area contributed by atoms with E-state index in [4.69, 9.17) is 0 Å². The molecule has 0 saturated carbocycles. The van der Waals surface area contributed by atoms with Gasteiger partial charge >= 0.3 is 0 Å². The summed E-state index contributed by atoms with van der Waals surface area (Å²) in [4.78, 5) is 50.0. The molecule has 4 rings (SSSR count). The van der Waals surface area contributed by atoms with Gasteiger partial charge < -0.3 is 10.6 Å². The number of carbonyl (C=O) groups excluding carboxylic acids is 4. The van der Waals surface area contributed by atoms with Gasteiger partial charge in [0.2, 0.25) is 11.8 Å². The van der Waals surface area contributed by atoms with Gasteiger partial charge in [-0.05, 0) is 62.9 Å². The number of amides is 4. The average Bonchev–Trinajstić information content (AvgIpc) is 2.99. The van der Waals surface area contributed by atoms with Crippen LogP contribution >= 0.6 is 0 Å². The lowest BCUT2D eigenvalue weighted by Crippen LogP contribution is -2.54. The van der Waals surface area contributed by atoms with Crippen molar-refractivity contribution < 1.29 is 19.2 Å². The summed E-state index contributed by atoms with van der Waals surface area (Å²) in [6, 6.07) is 4.19. The van der Waals surface area contributed by atoms with Crippen LogP contribution in [-0.4, -0.2) is 54.2 Å². The molecule has 30 heavy (non-hydrogen) atoms. The van der Waals surface area contributed by atoms with E-state index < -0.39 is 23.8 Å². The first kappa shape index (κ1) is 20.5. The first-order chi connectivity index (χ1) is 14.5. The number of carbonyl (C=O) groups is 4. The van der Waals surface area contributed by atoms with Crippen molar-refractivity contribution in [3.05, 3.63) is 29.3 Å². The molecule has 1 aromatic rings. The van der Waals surface area contributed by atoms with E-state index in [0.29, 0.717) is 11.1 Å². The van der Waals surface area contributed by atoms with Gasteiger partial charge in [-0.25, -0.2) is 0 Å². The van der Waals surface area contributed by atoms with Crippen LogP contribution in [0.1, 0.15) is 65.7 Å². The van der Waals surface area contributed by atoms with E-state index in [2.05, 4.69) is 16.0 Å². The van der Waals surface area contributed by atoms with Gasteiger partial charge in [0.15, 0.2) is 0 Å². The molecule has 160 valence electrons. The summed E-state index contributed by atoms with van der Waals surface area (Å²) >= 11 is 0. The highest BCUT2D eigenvalue weighted by molar-refractivity contribution is 6.23. The predicted octanol–water partition coefficient (Wildman–Crippen LogP) is 1.67. The maximum absolute atomic E-state index is 12.8. The van der Waals surface area contributed by atoms with Gasteiger partial charge in [0.05, 0.1) is 11.1 Å². The van der Waals surface area contributed by atoms with Crippen LogP contribution in [0, 0.1) is 5.92 Å². The monoisotopic (exact) mass is 412 g/mol. The van der Waals surface area contributed by atoms with Crippen LogP contribution in [0.2, 0.25) is 0 Å². The van der Waals surface area contributed by atoms with Gasteiger partial charge in [-0.1, -0.05) is 12.8 Å². The number of imide groups is 2. The number of fused-ring (bicyclic) bond motifs is 1. The topological polar surface area (TPSA) is 108 Å². The van der Waals surface area contributed by atoms with Crippen molar-refractivity contribution in [2.24, 2.45) is 5.92 Å². The van der Waals surface area contributed by atoms with E-state index in [0.717, 1.165) is 42.6 Å². The predicted molar refractivity (Wildman–Crippen MR) is 111 cm³/mol. The largest absolute Gasteiger partial charge is 0.385 e. The van der Waals surface area contributed by atoms with Crippen LogP contribution in [0.15, 0.2) is 18.2 Å². The molecule has 0 bridgehead atoms. The third kappa shape index (κ3) is 4.23. The quantitative estimate of drug-likeness (QED) is 0.465. The number of rotatable bonds is 7. The average molecular weight is 412 g/mol. The molecule has 3 aliphatic heterocycles. The zero-order valence-corrected chi connectivity index (χ0v) is 17.0. The Balaban J connectivity index is 1.32. The smallest absolute Gasteiger partial charge is 0.262 e. The van der Waals surface area contributed by atoms with Crippen molar-refractivity contribution in [1.82, 2.24) is 15.5 Å². The van der Waals surface area contributed by atoms with E-state index in [-0.39, 0.29) is 18.7 Å². The second kappa shape index (κ2) is 8.95. The minimum Gasteiger partial charge on any atom is -0.385 e. The summed E-state index contributed by atoms with van der Waals surface area (Å²) in [6.07, 6.45) is 6.28. The highest BCUT2D eigenvalue weighted by Gasteiger charge is 2.44. The van der Waals surface area contributed by atoms with Crippen LogP contribution in [0.4, 0.5) is 5.69 Å². The van der Waals surface area contributed by atoms with Gasteiger partial charge in [0, 0.05) is 18.7 Å². The number of benzene rings is 1. The molecule has 0 aromatic heterocycles. The maximum Gasteiger partial charge on any atom is 0.262 e. The van der Waals surface area contributed by atoms with E-state index in [9.17, 15) is 19.2 Å². The normalized spacial score (nSPS) is 22.3. The van der Waals surface area contributed by atoms with Crippen molar-refractivity contribution in [3.8, 4) is 0 Å². The summed E-state index contributed by atoms with van der Waals surface area (Å²) in [6.45, 7) is 3.06. The molecule has 8 nitrogen and oxygen atoms in total. The molecular weight excluding hydrogens is 384 g/mol. The fourth-order valence-corrected chi connectivity index (χ4v) is 4.54. The maximum atomic E-state index is 12.8. The van der Waals surface area contributed by atoms with Gasteiger partial charge in [-0.3, -0.25) is 29.4 Å². The third-order valence-corrected chi connectivity index (χ3v) is 6.27. The summed E-state index contributed by atoms with van der Waals surface area (Å²) in [7, 11) is 0. The van der Waals surface area contributed by atoms with Crippen LogP contribution in [0.25, 0.3) is 0 Å². The summed E-state index contributed by atoms with van der Waals surface area (Å²) in [5, 5.41) is 8.94. The fraction of sp³-hybridized carbons (Fsp3) is 0.545.